The lowest BCUT2D eigenvalue weighted by atomic mass is 9.81. The van der Waals surface area contributed by atoms with Crippen LogP contribution in [0.3, 0.4) is 0 Å². The van der Waals surface area contributed by atoms with Crippen LogP contribution in [-0.4, -0.2) is 0 Å². The van der Waals surface area contributed by atoms with E-state index in [2.05, 4.69) is 140 Å². The van der Waals surface area contributed by atoms with Crippen LogP contribution in [0.1, 0.15) is 180 Å². The standard InChI is InChI=1S/C60H82O/c1-9-17-27-43(13-5)39-53-47-31-21-23-33-49(47)55(41-45(15-7)29-19-11-3)59-51(53)35-25-37-57(59)61-58-38-26-36-52-54(40-44(14-6)28-18-10-2)48-32-22-24-34-50(48)56(60(52)58)42-46(16-8)30-20-12-4/h21-26,31-38,43-46H,9-20,27-30,39-42H2,1-8H3. The molecule has 1 nitrogen and oxygen atoms in total. The predicted octanol–water partition coefficient (Wildman–Crippen LogP) is 19.1. The summed E-state index contributed by atoms with van der Waals surface area (Å²) in [5, 5.41) is 11.3. The van der Waals surface area contributed by atoms with Gasteiger partial charge < -0.3 is 4.74 Å². The topological polar surface area (TPSA) is 9.23 Å². The van der Waals surface area contributed by atoms with E-state index in [0.717, 1.165) is 37.2 Å². The summed E-state index contributed by atoms with van der Waals surface area (Å²) in [4.78, 5) is 0. The molecule has 0 aliphatic carbocycles. The van der Waals surface area contributed by atoms with Gasteiger partial charge in [0.2, 0.25) is 0 Å². The van der Waals surface area contributed by atoms with Crippen LogP contribution in [0.4, 0.5) is 0 Å². The lowest BCUT2D eigenvalue weighted by Crippen LogP contribution is -2.09. The van der Waals surface area contributed by atoms with Gasteiger partial charge in [-0.2, -0.15) is 0 Å². The number of benzene rings is 6. The molecular weight excluding hydrogens is 737 g/mol. The number of hydrogen-bond acceptors (Lipinski definition) is 1. The van der Waals surface area contributed by atoms with Crippen LogP contribution < -0.4 is 4.74 Å². The summed E-state index contributed by atoms with van der Waals surface area (Å²) < 4.78 is 7.68. The first-order chi connectivity index (χ1) is 29.9. The smallest absolute Gasteiger partial charge is 0.135 e. The Hall–Kier alpha value is -3.84. The van der Waals surface area contributed by atoms with Crippen LogP contribution >= 0.6 is 0 Å². The Kier molecular flexibility index (Phi) is 18.0. The average molecular weight is 819 g/mol. The second-order valence-electron chi connectivity index (χ2n) is 18.9. The van der Waals surface area contributed by atoms with Crippen molar-refractivity contribution in [2.75, 3.05) is 0 Å². The van der Waals surface area contributed by atoms with E-state index in [1.165, 1.54) is 168 Å². The highest BCUT2D eigenvalue weighted by molar-refractivity contribution is 6.10. The lowest BCUT2D eigenvalue weighted by molar-refractivity contribution is 0.448. The summed E-state index contributed by atoms with van der Waals surface area (Å²) in [6.45, 7) is 19.0. The third-order valence-electron chi connectivity index (χ3n) is 14.8. The zero-order valence-corrected chi connectivity index (χ0v) is 39.9. The highest BCUT2D eigenvalue weighted by atomic mass is 16.5. The molecule has 0 spiro atoms. The summed E-state index contributed by atoms with van der Waals surface area (Å²) in [6.07, 6.45) is 24.5. The molecule has 4 atom stereocenters. The van der Waals surface area contributed by atoms with Gasteiger partial charge in [0.1, 0.15) is 11.5 Å². The minimum atomic E-state index is 0.643. The monoisotopic (exact) mass is 819 g/mol. The fourth-order valence-electron chi connectivity index (χ4n) is 10.8. The molecule has 0 saturated heterocycles. The molecule has 0 saturated carbocycles. The van der Waals surface area contributed by atoms with Crippen molar-refractivity contribution in [3.05, 3.63) is 107 Å². The molecule has 6 rings (SSSR count). The summed E-state index contributed by atoms with van der Waals surface area (Å²) in [5.74, 6) is 4.70. The second kappa shape index (κ2) is 23.6. The molecule has 0 bridgehead atoms. The Bertz CT molecular complexity index is 2120. The normalized spacial score (nSPS) is 14.0. The fraction of sp³-hybridized carbons (Fsp3) is 0.533. The van der Waals surface area contributed by atoms with E-state index in [-0.39, 0.29) is 0 Å². The number of unbranched alkanes of at least 4 members (excludes halogenated alkanes) is 4. The molecule has 61 heavy (non-hydrogen) atoms. The molecule has 6 aromatic carbocycles. The maximum absolute atomic E-state index is 7.68. The van der Waals surface area contributed by atoms with Crippen LogP contribution in [0.25, 0.3) is 43.1 Å². The fourth-order valence-corrected chi connectivity index (χ4v) is 10.8. The second-order valence-corrected chi connectivity index (χ2v) is 18.9. The first-order valence-corrected chi connectivity index (χ1v) is 25.5. The number of hydrogen-bond donors (Lipinski definition) is 0. The van der Waals surface area contributed by atoms with Crippen molar-refractivity contribution in [2.45, 2.75) is 184 Å². The van der Waals surface area contributed by atoms with Gasteiger partial charge in [0, 0.05) is 10.8 Å². The zero-order chi connectivity index (χ0) is 43.1. The van der Waals surface area contributed by atoms with E-state index in [9.17, 15) is 0 Å². The van der Waals surface area contributed by atoms with Crippen molar-refractivity contribution in [3.8, 4) is 11.5 Å². The maximum Gasteiger partial charge on any atom is 0.135 e. The molecule has 6 aromatic rings. The van der Waals surface area contributed by atoms with E-state index in [0.29, 0.717) is 23.7 Å². The number of ether oxygens (including phenoxy) is 1. The lowest BCUT2D eigenvalue weighted by Gasteiger charge is -2.26. The Morgan fingerprint density at radius 3 is 0.902 bits per heavy atom. The van der Waals surface area contributed by atoms with E-state index < -0.39 is 0 Å². The largest absolute Gasteiger partial charge is 0.456 e. The van der Waals surface area contributed by atoms with Crippen molar-refractivity contribution in [1.29, 1.82) is 0 Å². The Morgan fingerprint density at radius 2 is 0.607 bits per heavy atom. The van der Waals surface area contributed by atoms with Gasteiger partial charge >= 0.3 is 0 Å². The highest BCUT2D eigenvalue weighted by Crippen LogP contribution is 2.46. The van der Waals surface area contributed by atoms with Gasteiger partial charge in [0.15, 0.2) is 0 Å². The average Bonchev–Trinajstić information content (AvgIpc) is 3.30. The van der Waals surface area contributed by atoms with E-state index in [1.807, 2.05) is 0 Å². The summed E-state index contributed by atoms with van der Waals surface area (Å²) in [5.41, 5.74) is 6.04. The summed E-state index contributed by atoms with van der Waals surface area (Å²) in [6, 6.07) is 32.9. The van der Waals surface area contributed by atoms with Gasteiger partial charge in [0.05, 0.1) is 0 Å². The van der Waals surface area contributed by atoms with Crippen molar-refractivity contribution < 1.29 is 4.74 Å². The van der Waals surface area contributed by atoms with Crippen LogP contribution in [-0.2, 0) is 25.7 Å². The minimum Gasteiger partial charge on any atom is -0.456 e. The van der Waals surface area contributed by atoms with Crippen LogP contribution in [0.15, 0.2) is 84.9 Å². The first kappa shape index (κ1) is 46.7. The van der Waals surface area contributed by atoms with E-state index in [4.69, 9.17) is 4.74 Å². The zero-order valence-electron chi connectivity index (χ0n) is 39.9. The molecule has 328 valence electrons. The third kappa shape index (κ3) is 11.0. The summed E-state index contributed by atoms with van der Waals surface area (Å²) >= 11 is 0. The Balaban J connectivity index is 1.64. The van der Waals surface area contributed by atoms with Crippen molar-refractivity contribution in [1.82, 2.24) is 0 Å². The van der Waals surface area contributed by atoms with Gasteiger partial charge in [-0.05, 0) is 116 Å². The molecule has 0 aromatic heterocycles. The van der Waals surface area contributed by atoms with Gasteiger partial charge in [-0.15, -0.1) is 0 Å². The van der Waals surface area contributed by atoms with E-state index >= 15 is 0 Å². The molecule has 1 heteroatoms. The van der Waals surface area contributed by atoms with Gasteiger partial charge in [-0.25, -0.2) is 0 Å². The Labute approximate surface area is 372 Å². The SMILES string of the molecule is CCCCC(CC)Cc1c2ccccc2c(CC(CC)CCCC)c2c(Oc3cccc4c(CC(CC)CCCC)c5ccccc5c(CC(CC)CCCC)c34)cccc12. The molecule has 0 aliphatic heterocycles. The third-order valence-corrected chi connectivity index (χ3v) is 14.8. The highest BCUT2D eigenvalue weighted by Gasteiger charge is 2.25. The first-order valence-electron chi connectivity index (χ1n) is 25.5. The van der Waals surface area contributed by atoms with Crippen LogP contribution in [0, 0.1) is 23.7 Å². The minimum absolute atomic E-state index is 0.643. The van der Waals surface area contributed by atoms with Gasteiger partial charge in [0.25, 0.3) is 0 Å². The Morgan fingerprint density at radius 1 is 0.328 bits per heavy atom. The molecule has 4 unspecified atom stereocenters. The van der Waals surface area contributed by atoms with E-state index in [1.54, 1.807) is 0 Å². The molecule has 0 fully saturated rings. The van der Waals surface area contributed by atoms with Crippen LogP contribution in [0.2, 0.25) is 0 Å². The van der Waals surface area contributed by atoms with Crippen LogP contribution in [0.5, 0.6) is 11.5 Å². The molecular formula is C60H82O. The summed E-state index contributed by atoms with van der Waals surface area (Å²) in [7, 11) is 0. The molecule has 0 aliphatic rings. The molecule has 0 N–H and O–H groups in total. The molecule has 0 radical (unpaired) electrons. The van der Waals surface area contributed by atoms with Crippen molar-refractivity contribution in [2.24, 2.45) is 23.7 Å². The van der Waals surface area contributed by atoms with Gasteiger partial charge in [-0.3, -0.25) is 0 Å². The van der Waals surface area contributed by atoms with Crippen molar-refractivity contribution in [3.63, 3.8) is 0 Å². The number of fused-ring (bicyclic) bond motifs is 4. The quantitative estimate of drug-likeness (QED) is 0.0496. The van der Waals surface area contributed by atoms with Crippen molar-refractivity contribution >= 4 is 43.1 Å². The number of rotatable bonds is 26. The molecule has 0 amide bonds. The van der Waals surface area contributed by atoms with Gasteiger partial charge in [-0.1, -0.05) is 231 Å². The predicted molar refractivity (Wildman–Crippen MR) is 271 cm³/mol. The maximum atomic E-state index is 7.68. The molecule has 0 heterocycles.